The van der Waals surface area contributed by atoms with E-state index in [4.69, 9.17) is 21.1 Å². The predicted molar refractivity (Wildman–Crippen MR) is 103 cm³/mol. The Balaban J connectivity index is 1.87. The molecule has 0 radical (unpaired) electrons. The Morgan fingerprint density at radius 2 is 2.17 bits per heavy atom. The summed E-state index contributed by atoms with van der Waals surface area (Å²) in [7, 11) is 0. The molecule has 1 amide bonds. The van der Waals surface area contributed by atoms with Gasteiger partial charge in [0.1, 0.15) is 11.4 Å². The van der Waals surface area contributed by atoms with Crippen LogP contribution in [0.3, 0.4) is 0 Å². The highest BCUT2D eigenvalue weighted by atomic mass is 127. The van der Waals surface area contributed by atoms with Crippen molar-refractivity contribution >= 4 is 56.2 Å². The number of carbonyl (C=O) groups is 1. The predicted octanol–water partition coefficient (Wildman–Crippen LogP) is 5.34. The number of amides is 1. The van der Waals surface area contributed by atoms with Crippen LogP contribution in [0.2, 0.25) is 5.02 Å². The maximum absolute atomic E-state index is 12.1. The first-order chi connectivity index (χ1) is 10.7. The molecule has 1 aliphatic rings. The molecular weight excluding hydrogens is 496 g/mol. The molecule has 1 unspecified atom stereocenters. The van der Waals surface area contributed by atoms with Crippen LogP contribution < -0.4 is 4.74 Å². The van der Waals surface area contributed by atoms with Crippen LogP contribution in [0.25, 0.3) is 0 Å². The molecule has 23 heavy (non-hydrogen) atoms. The van der Waals surface area contributed by atoms with Crippen molar-refractivity contribution in [3.8, 4) is 5.75 Å². The van der Waals surface area contributed by atoms with Crippen LogP contribution in [-0.2, 0) is 4.74 Å². The monoisotopic (exact) mass is 515 g/mol. The van der Waals surface area contributed by atoms with Gasteiger partial charge < -0.3 is 14.4 Å². The van der Waals surface area contributed by atoms with Gasteiger partial charge in [-0.15, -0.1) is 0 Å². The molecule has 1 aromatic carbocycles. The fraction of sp³-hybridized carbons (Fsp3) is 0.562. The molecule has 0 saturated carbocycles. The van der Waals surface area contributed by atoms with Crippen LogP contribution in [0.15, 0.2) is 16.6 Å². The van der Waals surface area contributed by atoms with Gasteiger partial charge in [0.25, 0.3) is 0 Å². The summed E-state index contributed by atoms with van der Waals surface area (Å²) in [6, 6.07) is 3.74. The van der Waals surface area contributed by atoms with E-state index < -0.39 is 5.60 Å². The Bertz CT molecular complexity index is 591. The number of benzene rings is 1. The average molecular weight is 517 g/mol. The first-order valence-electron chi connectivity index (χ1n) is 7.41. The van der Waals surface area contributed by atoms with Crippen molar-refractivity contribution in [3.63, 3.8) is 0 Å². The zero-order valence-corrected chi connectivity index (χ0v) is 17.9. The molecular formula is C16H20BrClINO3. The number of hydrogen-bond donors (Lipinski definition) is 0. The van der Waals surface area contributed by atoms with Gasteiger partial charge in [-0.3, -0.25) is 0 Å². The average Bonchev–Trinajstić information content (AvgIpc) is 2.88. The van der Waals surface area contributed by atoms with Gasteiger partial charge in [-0.05, 0) is 77.8 Å². The summed E-state index contributed by atoms with van der Waals surface area (Å²) in [6.07, 6.45) is 0.654. The van der Waals surface area contributed by atoms with Gasteiger partial charge in [-0.1, -0.05) is 11.6 Å². The maximum atomic E-state index is 12.1. The summed E-state index contributed by atoms with van der Waals surface area (Å²) < 4.78 is 13.2. The molecule has 1 atom stereocenters. The van der Waals surface area contributed by atoms with Gasteiger partial charge in [0, 0.05) is 27.1 Å². The van der Waals surface area contributed by atoms with E-state index in [1.165, 1.54) is 0 Å². The Hall–Kier alpha value is -0.210. The quantitative estimate of drug-likeness (QED) is 0.402. The van der Waals surface area contributed by atoms with E-state index in [0.29, 0.717) is 36.4 Å². The van der Waals surface area contributed by atoms with Crippen LogP contribution in [0, 0.1) is 9.49 Å². The third-order valence-electron chi connectivity index (χ3n) is 3.39. The molecule has 1 heterocycles. The van der Waals surface area contributed by atoms with Crippen molar-refractivity contribution < 1.29 is 14.3 Å². The lowest BCUT2D eigenvalue weighted by atomic mass is 10.1. The number of hydrogen-bond acceptors (Lipinski definition) is 3. The Morgan fingerprint density at radius 1 is 1.48 bits per heavy atom. The Kier molecular flexibility index (Phi) is 6.47. The second-order valence-electron chi connectivity index (χ2n) is 6.59. The van der Waals surface area contributed by atoms with E-state index in [-0.39, 0.29) is 6.09 Å². The van der Waals surface area contributed by atoms with Gasteiger partial charge in [0.15, 0.2) is 0 Å². The van der Waals surface area contributed by atoms with Crippen molar-refractivity contribution in [1.82, 2.24) is 4.90 Å². The van der Waals surface area contributed by atoms with E-state index >= 15 is 0 Å². The zero-order valence-electron chi connectivity index (χ0n) is 13.4. The first kappa shape index (κ1) is 19.1. The van der Waals surface area contributed by atoms with Crippen LogP contribution in [0.5, 0.6) is 5.75 Å². The molecule has 0 spiro atoms. The minimum absolute atomic E-state index is 0.253. The van der Waals surface area contributed by atoms with Gasteiger partial charge in [-0.25, -0.2) is 4.79 Å². The number of ether oxygens (including phenoxy) is 2. The molecule has 1 fully saturated rings. The van der Waals surface area contributed by atoms with Crippen molar-refractivity contribution in [1.29, 1.82) is 0 Å². The molecule has 0 aromatic heterocycles. The molecule has 1 saturated heterocycles. The molecule has 128 valence electrons. The van der Waals surface area contributed by atoms with E-state index in [9.17, 15) is 4.79 Å². The first-order valence-corrected chi connectivity index (χ1v) is 9.66. The Labute approximate surface area is 164 Å². The smallest absolute Gasteiger partial charge is 0.410 e. The van der Waals surface area contributed by atoms with Crippen LogP contribution in [-0.4, -0.2) is 36.3 Å². The highest BCUT2D eigenvalue weighted by molar-refractivity contribution is 14.1. The van der Waals surface area contributed by atoms with E-state index in [0.717, 1.165) is 14.5 Å². The minimum atomic E-state index is -0.465. The Morgan fingerprint density at radius 3 is 2.83 bits per heavy atom. The molecule has 1 aliphatic heterocycles. The highest BCUT2D eigenvalue weighted by Gasteiger charge is 2.30. The van der Waals surface area contributed by atoms with Crippen molar-refractivity contribution in [2.45, 2.75) is 32.8 Å². The summed E-state index contributed by atoms with van der Waals surface area (Å²) in [5.41, 5.74) is -0.465. The number of rotatable bonds is 3. The number of likely N-dealkylation sites (tertiary alicyclic amines) is 1. The zero-order chi connectivity index (χ0) is 17.2. The number of carbonyl (C=O) groups excluding carboxylic acids is 1. The van der Waals surface area contributed by atoms with Crippen LogP contribution in [0.4, 0.5) is 4.79 Å². The van der Waals surface area contributed by atoms with E-state index in [1.807, 2.05) is 32.9 Å². The summed E-state index contributed by atoms with van der Waals surface area (Å²) in [4.78, 5) is 13.8. The molecule has 7 heteroatoms. The van der Waals surface area contributed by atoms with Gasteiger partial charge in [-0.2, -0.15) is 0 Å². The summed E-state index contributed by atoms with van der Waals surface area (Å²) >= 11 is 11.9. The maximum Gasteiger partial charge on any atom is 0.410 e. The lowest BCUT2D eigenvalue weighted by Crippen LogP contribution is -2.35. The summed E-state index contributed by atoms with van der Waals surface area (Å²) in [5.74, 6) is 0.967. The SMILES string of the molecule is CC(C)(C)OC(=O)N1CCC(COc2cc(I)c(Br)cc2Cl)C1. The highest BCUT2D eigenvalue weighted by Crippen LogP contribution is 2.32. The summed E-state index contributed by atoms with van der Waals surface area (Å²) in [5, 5.41) is 0.583. The third-order valence-corrected chi connectivity index (χ3v) is 5.97. The van der Waals surface area contributed by atoms with Gasteiger partial charge in [0.2, 0.25) is 0 Å². The molecule has 2 rings (SSSR count). The van der Waals surface area contributed by atoms with Crippen molar-refractivity contribution in [2.24, 2.45) is 5.92 Å². The standard InChI is InChI=1S/C16H20BrClINO3/c1-16(2,3)23-15(21)20-5-4-10(8-20)9-22-14-7-13(19)11(17)6-12(14)18/h6-7,10H,4-5,8-9H2,1-3H3. The van der Waals surface area contributed by atoms with Gasteiger partial charge in [0.05, 0.1) is 11.6 Å². The molecule has 4 nitrogen and oxygen atoms in total. The fourth-order valence-corrected chi connectivity index (χ4v) is 3.42. The second kappa shape index (κ2) is 7.78. The van der Waals surface area contributed by atoms with Crippen molar-refractivity contribution in [3.05, 3.63) is 25.2 Å². The van der Waals surface area contributed by atoms with Crippen LogP contribution in [0.1, 0.15) is 27.2 Å². The normalized spacial score (nSPS) is 18.2. The molecule has 0 aliphatic carbocycles. The second-order valence-corrected chi connectivity index (χ2v) is 9.01. The fourth-order valence-electron chi connectivity index (χ4n) is 2.28. The largest absolute Gasteiger partial charge is 0.492 e. The number of nitrogens with zero attached hydrogens (tertiary/aromatic N) is 1. The van der Waals surface area contributed by atoms with Crippen molar-refractivity contribution in [2.75, 3.05) is 19.7 Å². The minimum Gasteiger partial charge on any atom is -0.492 e. The molecule has 1 aromatic rings. The molecule has 0 bridgehead atoms. The molecule has 0 N–H and O–H groups in total. The summed E-state index contributed by atoms with van der Waals surface area (Å²) in [6.45, 7) is 7.52. The topological polar surface area (TPSA) is 38.8 Å². The van der Waals surface area contributed by atoms with E-state index in [1.54, 1.807) is 4.90 Å². The third kappa shape index (κ3) is 5.67. The van der Waals surface area contributed by atoms with Crippen LogP contribution >= 0.6 is 50.1 Å². The number of halogens is 3. The lowest BCUT2D eigenvalue weighted by Gasteiger charge is -2.24. The lowest BCUT2D eigenvalue weighted by molar-refractivity contribution is 0.0285. The van der Waals surface area contributed by atoms with Gasteiger partial charge >= 0.3 is 6.09 Å². The van der Waals surface area contributed by atoms with E-state index in [2.05, 4.69) is 38.5 Å².